The Labute approximate surface area is 148 Å². The SMILES string of the molecule is Cc1[c-]cc(CCCc2cc(C)c(C)o2)o1.O=[S-](=O)[O-].[Na+]. The van der Waals surface area contributed by atoms with Gasteiger partial charge < -0.3 is 21.8 Å². The summed E-state index contributed by atoms with van der Waals surface area (Å²) in [5.41, 5.74) is 1.23. The molecular weight excluding hydrogens is 303 g/mol. The Bertz CT molecular complexity index is 585. The molecule has 2 aromatic rings. The van der Waals surface area contributed by atoms with E-state index in [1.54, 1.807) is 0 Å². The molecule has 0 saturated carbocycles. The van der Waals surface area contributed by atoms with Crippen molar-refractivity contribution in [3.8, 4) is 0 Å². The Balaban J connectivity index is 0.000000715. The molecule has 0 bridgehead atoms. The predicted octanol–water partition coefficient (Wildman–Crippen LogP) is 0.203. The van der Waals surface area contributed by atoms with Gasteiger partial charge in [0.05, 0.1) is 0 Å². The summed E-state index contributed by atoms with van der Waals surface area (Å²) in [7, 11) is -3.11. The fourth-order valence-corrected chi connectivity index (χ4v) is 1.77. The van der Waals surface area contributed by atoms with E-state index in [4.69, 9.17) is 21.8 Å². The minimum absolute atomic E-state index is 0. The standard InChI is InChI=1S/C14H17O2.Na.O3S/c1-10-9-14(16-12(10)3)6-4-5-13-8-7-11(2)15-13;;1-4(2)3/h8-9H,4-6H2,1-3H3;;/q-1;+1;-2. The summed E-state index contributed by atoms with van der Waals surface area (Å²) in [5, 5.41) is 0. The second-order valence-electron chi connectivity index (χ2n) is 4.42. The maximum absolute atomic E-state index is 8.44. The first-order valence-corrected chi connectivity index (χ1v) is 7.18. The van der Waals surface area contributed by atoms with E-state index >= 15 is 0 Å². The van der Waals surface area contributed by atoms with Crippen molar-refractivity contribution < 1.29 is 51.4 Å². The van der Waals surface area contributed by atoms with Gasteiger partial charge in [-0.25, -0.2) is 6.07 Å². The fourth-order valence-electron chi connectivity index (χ4n) is 1.77. The van der Waals surface area contributed by atoms with E-state index in [1.165, 1.54) is 5.56 Å². The summed E-state index contributed by atoms with van der Waals surface area (Å²) < 4.78 is 36.4. The van der Waals surface area contributed by atoms with Crippen LogP contribution in [0.1, 0.15) is 35.0 Å². The largest absolute Gasteiger partial charge is 1.00 e. The summed E-state index contributed by atoms with van der Waals surface area (Å²) in [6, 6.07) is 7.08. The molecule has 0 amide bonds. The molecule has 0 aliphatic heterocycles. The van der Waals surface area contributed by atoms with Crippen LogP contribution < -0.4 is 29.6 Å². The summed E-state index contributed by atoms with van der Waals surface area (Å²) in [4.78, 5) is 0. The van der Waals surface area contributed by atoms with E-state index in [9.17, 15) is 0 Å². The number of rotatable bonds is 4. The zero-order chi connectivity index (χ0) is 15.1. The fraction of sp³-hybridized carbons (Fsp3) is 0.429. The second kappa shape index (κ2) is 10.2. The van der Waals surface area contributed by atoms with E-state index in [0.717, 1.165) is 42.3 Å². The molecule has 0 aromatic carbocycles. The molecule has 5 nitrogen and oxygen atoms in total. The van der Waals surface area contributed by atoms with Crippen LogP contribution in [0.3, 0.4) is 0 Å². The number of hydrogen-bond donors (Lipinski definition) is 0. The summed E-state index contributed by atoms with van der Waals surface area (Å²) in [6.07, 6.45) is 2.96. The Kier molecular flexibility index (Phi) is 9.98. The molecule has 0 unspecified atom stereocenters. The van der Waals surface area contributed by atoms with Gasteiger partial charge in [-0.3, -0.25) is 0 Å². The summed E-state index contributed by atoms with van der Waals surface area (Å²) in [6.45, 7) is 6.00. The molecule has 112 valence electrons. The molecule has 7 heteroatoms. The molecule has 0 spiro atoms. The molecule has 21 heavy (non-hydrogen) atoms. The Morgan fingerprint density at radius 2 is 1.71 bits per heavy atom. The molecule has 0 fully saturated rings. The first-order chi connectivity index (χ1) is 9.38. The van der Waals surface area contributed by atoms with Gasteiger partial charge in [-0.1, -0.05) is 18.6 Å². The minimum Gasteiger partial charge on any atom is -0.917 e. The van der Waals surface area contributed by atoms with Gasteiger partial charge in [-0.05, 0) is 38.2 Å². The third-order valence-corrected chi connectivity index (χ3v) is 2.78. The van der Waals surface area contributed by atoms with Gasteiger partial charge >= 0.3 is 29.6 Å². The molecule has 2 heterocycles. The third kappa shape index (κ3) is 8.48. The van der Waals surface area contributed by atoms with E-state index in [-0.39, 0.29) is 29.6 Å². The molecule has 0 aliphatic carbocycles. The van der Waals surface area contributed by atoms with Crippen molar-refractivity contribution in [2.24, 2.45) is 0 Å². The van der Waals surface area contributed by atoms with Crippen LogP contribution in [-0.4, -0.2) is 4.55 Å². The van der Waals surface area contributed by atoms with Crippen molar-refractivity contribution in [2.75, 3.05) is 0 Å². The Morgan fingerprint density at radius 3 is 2.14 bits per heavy atom. The molecule has 0 saturated heterocycles. The maximum atomic E-state index is 8.44. The van der Waals surface area contributed by atoms with Crippen LogP contribution in [0.25, 0.3) is 0 Å². The van der Waals surface area contributed by atoms with Crippen molar-refractivity contribution in [1.82, 2.24) is 0 Å². The molecule has 0 radical (unpaired) electrons. The van der Waals surface area contributed by atoms with Crippen LogP contribution in [0.2, 0.25) is 0 Å². The van der Waals surface area contributed by atoms with Gasteiger partial charge in [0.1, 0.15) is 11.5 Å². The van der Waals surface area contributed by atoms with E-state index in [0.29, 0.717) is 0 Å². The number of aryl methyl sites for hydroxylation is 5. The predicted molar refractivity (Wildman–Crippen MR) is 72.0 cm³/mol. The summed E-state index contributed by atoms with van der Waals surface area (Å²) in [5.74, 6) is 3.97. The Hall–Kier alpha value is -0.530. The van der Waals surface area contributed by atoms with E-state index in [2.05, 4.69) is 19.1 Å². The first kappa shape index (κ1) is 20.5. The topological polar surface area (TPSA) is 83.5 Å². The minimum atomic E-state index is -3.11. The van der Waals surface area contributed by atoms with Crippen LogP contribution in [0.5, 0.6) is 0 Å². The maximum Gasteiger partial charge on any atom is 1.00 e. The summed E-state index contributed by atoms with van der Waals surface area (Å²) >= 11 is 0. The van der Waals surface area contributed by atoms with Crippen molar-refractivity contribution in [2.45, 2.75) is 40.0 Å². The Morgan fingerprint density at radius 1 is 1.14 bits per heavy atom. The van der Waals surface area contributed by atoms with Crippen LogP contribution in [0.15, 0.2) is 21.0 Å². The number of hydrogen-bond acceptors (Lipinski definition) is 6. The van der Waals surface area contributed by atoms with E-state index in [1.807, 2.05) is 19.9 Å². The van der Waals surface area contributed by atoms with Crippen LogP contribution in [0, 0.1) is 26.8 Å². The van der Waals surface area contributed by atoms with Gasteiger partial charge in [0.15, 0.2) is 0 Å². The van der Waals surface area contributed by atoms with Crippen LogP contribution >= 0.6 is 0 Å². The average Bonchev–Trinajstić information content (AvgIpc) is 2.86. The van der Waals surface area contributed by atoms with E-state index < -0.39 is 11.0 Å². The molecule has 0 N–H and O–H groups in total. The molecule has 2 rings (SSSR count). The van der Waals surface area contributed by atoms with Gasteiger partial charge in [0.2, 0.25) is 0 Å². The number of furan rings is 2. The van der Waals surface area contributed by atoms with Gasteiger partial charge in [-0.2, -0.15) is 17.1 Å². The smallest absolute Gasteiger partial charge is 0.917 e. The van der Waals surface area contributed by atoms with Crippen molar-refractivity contribution in [3.63, 3.8) is 0 Å². The quantitative estimate of drug-likeness (QED) is 0.264. The molecule has 2 aromatic heterocycles. The normalized spacial score (nSPS) is 9.95. The van der Waals surface area contributed by atoms with Gasteiger partial charge in [0.25, 0.3) is 0 Å². The monoisotopic (exact) mass is 320 g/mol. The molecule has 0 aliphatic rings. The molecular formula is C14H17NaO5S-2. The van der Waals surface area contributed by atoms with Crippen molar-refractivity contribution >= 4 is 11.0 Å². The van der Waals surface area contributed by atoms with Gasteiger partial charge in [-0.15, -0.1) is 0 Å². The third-order valence-electron chi connectivity index (χ3n) is 2.78. The first-order valence-electron chi connectivity index (χ1n) is 6.18. The molecule has 0 atom stereocenters. The second-order valence-corrected chi connectivity index (χ2v) is 4.83. The van der Waals surface area contributed by atoms with Crippen molar-refractivity contribution in [1.29, 1.82) is 0 Å². The average molecular weight is 320 g/mol. The van der Waals surface area contributed by atoms with Crippen molar-refractivity contribution in [3.05, 3.63) is 46.8 Å². The van der Waals surface area contributed by atoms with Crippen LogP contribution in [0.4, 0.5) is 0 Å². The van der Waals surface area contributed by atoms with Crippen LogP contribution in [-0.2, 0) is 32.2 Å². The van der Waals surface area contributed by atoms with Gasteiger partial charge in [0, 0.05) is 6.42 Å². The zero-order valence-electron chi connectivity index (χ0n) is 12.7. The zero-order valence-corrected chi connectivity index (χ0v) is 15.5.